The number of aryl methyl sites for hydroxylation is 2. The van der Waals surface area contributed by atoms with Gasteiger partial charge in [-0.05, 0) is 66.2 Å². The molecule has 0 radical (unpaired) electrons. The third-order valence-electron chi connectivity index (χ3n) is 6.52. The lowest BCUT2D eigenvalue weighted by Gasteiger charge is -2.41. The number of nitrogens with one attached hydrogen (secondary N) is 1. The fourth-order valence-electron chi connectivity index (χ4n) is 5.22. The highest BCUT2D eigenvalue weighted by molar-refractivity contribution is 9.10. The number of fused-ring (bicyclic) bond motifs is 1. The van der Waals surface area contributed by atoms with Crippen molar-refractivity contribution in [1.29, 1.82) is 0 Å². The van der Waals surface area contributed by atoms with E-state index in [0.29, 0.717) is 11.8 Å². The second-order valence-electron chi connectivity index (χ2n) is 7.79. The number of carboxylic acid groups (broad SMARTS) is 1. The van der Waals surface area contributed by atoms with Gasteiger partial charge in [0.1, 0.15) is 0 Å². The van der Waals surface area contributed by atoms with E-state index in [-0.39, 0.29) is 17.7 Å². The standard InChI is InChI=1S/C21H24BrNO3/c1-3-10-7-12(22)8-11(4-2)19(10)23-20(24)17-13-5-6-14(16-9-15(13)16)18(17)21(25)26/h5-8,13-18H,3-4,9H2,1-2H3,(H,23,24)(H,25,26)/t13-,14-,15-,16-,17-,18+/m1/s1. The van der Waals surface area contributed by atoms with Crippen molar-refractivity contribution < 1.29 is 14.7 Å². The van der Waals surface area contributed by atoms with E-state index in [0.717, 1.165) is 40.5 Å². The molecule has 0 heterocycles. The van der Waals surface area contributed by atoms with E-state index in [9.17, 15) is 14.7 Å². The summed E-state index contributed by atoms with van der Waals surface area (Å²) in [7, 11) is 0. The second kappa shape index (κ2) is 6.52. The molecule has 2 bridgehead atoms. The monoisotopic (exact) mass is 417 g/mol. The second-order valence-corrected chi connectivity index (χ2v) is 8.70. The van der Waals surface area contributed by atoms with Crippen LogP contribution in [0, 0.1) is 35.5 Å². The lowest BCUT2D eigenvalue weighted by molar-refractivity contribution is -0.152. The molecule has 0 aliphatic heterocycles. The molecular weight excluding hydrogens is 394 g/mol. The van der Waals surface area contributed by atoms with Gasteiger partial charge in [-0.1, -0.05) is 41.9 Å². The maximum Gasteiger partial charge on any atom is 0.307 e. The van der Waals surface area contributed by atoms with Gasteiger partial charge in [-0.3, -0.25) is 9.59 Å². The molecule has 2 N–H and O–H groups in total. The summed E-state index contributed by atoms with van der Waals surface area (Å²) in [6.45, 7) is 4.13. The molecule has 138 valence electrons. The van der Waals surface area contributed by atoms with Crippen molar-refractivity contribution in [1.82, 2.24) is 0 Å². The van der Waals surface area contributed by atoms with Gasteiger partial charge in [0.05, 0.1) is 11.8 Å². The van der Waals surface area contributed by atoms with Crippen molar-refractivity contribution in [3.63, 3.8) is 0 Å². The highest BCUT2D eigenvalue weighted by Crippen LogP contribution is 2.63. The molecule has 5 heteroatoms. The van der Waals surface area contributed by atoms with Crippen LogP contribution in [-0.2, 0) is 22.4 Å². The van der Waals surface area contributed by atoms with E-state index >= 15 is 0 Å². The van der Waals surface area contributed by atoms with Gasteiger partial charge in [0.25, 0.3) is 0 Å². The Kier molecular flexibility index (Phi) is 4.46. The zero-order chi connectivity index (χ0) is 18.6. The lowest BCUT2D eigenvalue weighted by atomic mass is 9.62. The molecule has 0 saturated heterocycles. The molecule has 2 fully saturated rings. The van der Waals surface area contributed by atoms with E-state index in [1.54, 1.807) is 0 Å². The summed E-state index contributed by atoms with van der Waals surface area (Å²) < 4.78 is 1.01. The number of hydrogen-bond donors (Lipinski definition) is 2. The Morgan fingerprint density at radius 2 is 1.62 bits per heavy atom. The molecule has 2 saturated carbocycles. The van der Waals surface area contributed by atoms with Crippen LogP contribution in [-0.4, -0.2) is 17.0 Å². The topological polar surface area (TPSA) is 66.4 Å². The minimum atomic E-state index is -0.836. The van der Waals surface area contributed by atoms with Crippen LogP contribution < -0.4 is 5.32 Å². The van der Waals surface area contributed by atoms with Gasteiger partial charge in [0.2, 0.25) is 5.91 Å². The van der Waals surface area contributed by atoms with E-state index in [2.05, 4.69) is 47.2 Å². The van der Waals surface area contributed by atoms with Crippen LogP contribution >= 0.6 is 15.9 Å². The summed E-state index contributed by atoms with van der Waals surface area (Å²) in [4.78, 5) is 25.2. The number of amides is 1. The fraction of sp³-hybridized carbons (Fsp3) is 0.524. The van der Waals surface area contributed by atoms with Crippen LogP contribution in [0.5, 0.6) is 0 Å². The molecule has 0 spiro atoms. The Labute approximate surface area is 162 Å². The normalized spacial score (nSPS) is 33.7. The van der Waals surface area contributed by atoms with Gasteiger partial charge < -0.3 is 10.4 Å². The van der Waals surface area contributed by atoms with Crippen molar-refractivity contribution in [2.45, 2.75) is 33.1 Å². The van der Waals surface area contributed by atoms with Crippen LogP contribution in [0.1, 0.15) is 31.4 Å². The number of carbonyl (C=O) groups is 2. The van der Waals surface area contributed by atoms with Gasteiger partial charge in [-0.15, -0.1) is 0 Å². The molecule has 6 atom stereocenters. The Bertz CT molecular complexity index is 777. The number of benzene rings is 1. The van der Waals surface area contributed by atoms with Crippen LogP contribution in [0.25, 0.3) is 0 Å². The molecule has 1 aromatic rings. The van der Waals surface area contributed by atoms with Gasteiger partial charge >= 0.3 is 5.97 Å². The van der Waals surface area contributed by atoms with Gasteiger partial charge in [-0.25, -0.2) is 0 Å². The summed E-state index contributed by atoms with van der Waals surface area (Å²) in [5, 5.41) is 12.9. The zero-order valence-electron chi connectivity index (χ0n) is 15.0. The molecular formula is C21H24BrNO3. The SMILES string of the molecule is CCc1cc(Br)cc(CC)c1NC(=O)[C@@H]1[C@@H]2C=C[C@H]([C@H]3C[C@H]23)[C@@H]1C(=O)O. The fourth-order valence-corrected chi connectivity index (χ4v) is 5.77. The molecule has 5 rings (SSSR count). The first-order valence-electron chi connectivity index (χ1n) is 9.49. The van der Waals surface area contributed by atoms with E-state index in [1.165, 1.54) is 0 Å². The smallest absolute Gasteiger partial charge is 0.307 e. The molecule has 0 aromatic heterocycles. The van der Waals surface area contributed by atoms with Crippen molar-refractivity contribution in [2.75, 3.05) is 5.32 Å². The highest BCUT2D eigenvalue weighted by atomic mass is 79.9. The quantitative estimate of drug-likeness (QED) is 0.702. The number of aliphatic carboxylic acids is 1. The third-order valence-corrected chi connectivity index (χ3v) is 6.97. The summed E-state index contributed by atoms with van der Waals surface area (Å²) in [6, 6.07) is 4.07. The largest absolute Gasteiger partial charge is 0.481 e. The minimum Gasteiger partial charge on any atom is -0.481 e. The Morgan fingerprint density at radius 3 is 2.12 bits per heavy atom. The van der Waals surface area contributed by atoms with E-state index in [1.807, 2.05) is 12.1 Å². The number of anilines is 1. The molecule has 4 aliphatic carbocycles. The van der Waals surface area contributed by atoms with Crippen LogP contribution in [0.2, 0.25) is 0 Å². The predicted octanol–water partition coefficient (Wildman–Crippen LogP) is 4.28. The lowest BCUT2D eigenvalue weighted by Crippen LogP contribution is -2.48. The van der Waals surface area contributed by atoms with E-state index < -0.39 is 17.8 Å². The molecule has 26 heavy (non-hydrogen) atoms. The van der Waals surface area contributed by atoms with Crippen molar-refractivity contribution in [3.8, 4) is 0 Å². The summed E-state index contributed by atoms with van der Waals surface area (Å²) >= 11 is 3.54. The van der Waals surface area contributed by atoms with Crippen LogP contribution in [0.4, 0.5) is 5.69 Å². The first kappa shape index (κ1) is 17.8. The van der Waals surface area contributed by atoms with Crippen molar-refractivity contribution >= 4 is 33.5 Å². The number of rotatable bonds is 5. The predicted molar refractivity (Wildman–Crippen MR) is 104 cm³/mol. The van der Waals surface area contributed by atoms with E-state index in [4.69, 9.17) is 0 Å². The summed E-state index contributed by atoms with van der Waals surface area (Å²) in [6.07, 6.45) is 6.84. The number of allylic oxidation sites excluding steroid dienone is 2. The number of carboxylic acids is 1. The Hall–Kier alpha value is -1.62. The Balaban J connectivity index is 1.66. The number of carbonyl (C=O) groups excluding carboxylic acids is 1. The molecule has 4 aliphatic rings. The van der Waals surface area contributed by atoms with Gasteiger partial charge in [0.15, 0.2) is 0 Å². The summed E-state index contributed by atoms with van der Waals surface area (Å²) in [5.41, 5.74) is 3.03. The highest BCUT2D eigenvalue weighted by Gasteiger charge is 2.63. The van der Waals surface area contributed by atoms with Crippen molar-refractivity contribution in [2.24, 2.45) is 35.5 Å². The average Bonchev–Trinajstić information content (AvgIpc) is 3.44. The van der Waals surface area contributed by atoms with Gasteiger partial charge in [0, 0.05) is 10.2 Å². The summed E-state index contributed by atoms with van der Waals surface area (Å²) in [5.74, 6) is -0.983. The maximum absolute atomic E-state index is 13.2. The first-order valence-corrected chi connectivity index (χ1v) is 10.3. The molecule has 0 unspecified atom stereocenters. The maximum atomic E-state index is 13.2. The molecule has 1 aromatic carbocycles. The first-order chi connectivity index (χ1) is 12.5. The van der Waals surface area contributed by atoms with Crippen molar-refractivity contribution in [3.05, 3.63) is 39.9 Å². The Morgan fingerprint density at radius 1 is 1.08 bits per heavy atom. The van der Waals surface area contributed by atoms with Crippen LogP contribution in [0.3, 0.4) is 0 Å². The van der Waals surface area contributed by atoms with Crippen LogP contribution in [0.15, 0.2) is 28.8 Å². The molecule has 4 nitrogen and oxygen atoms in total. The minimum absolute atomic E-state index is 0.0134. The van der Waals surface area contributed by atoms with Gasteiger partial charge in [-0.2, -0.15) is 0 Å². The number of hydrogen-bond acceptors (Lipinski definition) is 2. The zero-order valence-corrected chi connectivity index (χ0v) is 16.6. The number of halogens is 1. The third kappa shape index (κ3) is 2.72. The average molecular weight is 418 g/mol. The molecule has 1 amide bonds.